The van der Waals surface area contributed by atoms with Crippen molar-refractivity contribution >= 4 is 7.05 Å². The molecule has 0 radical (unpaired) electrons. The highest BCUT2D eigenvalue weighted by atomic mass is 19.4. The SMILES string of the molecule is C=C(CCB(N=O)OC)C(F)(F)F. The summed E-state index contributed by atoms with van der Waals surface area (Å²) in [5.41, 5.74) is -0.877. The van der Waals surface area contributed by atoms with Crippen molar-refractivity contribution in [3.8, 4) is 0 Å². The molecule has 0 aliphatic carbocycles. The Labute approximate surface area is 74.1 Å². The van der Waals surface area contributed by atoms with Gasteiger partial charge in [0.2, 0.25) is 0 Å². The van der Waals surface area contributed by atoms with Crippen molar-refractivity contribution in [1.29, 1.82) is 0 Å². The van der Waals surface area contributed by atoms with Crippen LogP contribution in [-0.2, 0) is 4.65 Å². The maximum atomic E-state index is 11.9. The number of hydrogen-bond acceptors (Lipinski definition) is 3. The van der Waals surface area contributed by atoms with Crippen molar-refractivity contribution in [2.45, 2.75) is 18.9 Å². The number of halogens is 3. The molecule has 0 aliphatic heterocycles. The highest BCUT2D eigenvalue weighted by Gasteiger charge is 2.32. The Balaban J connectivity index is 3.89. The van der Waals surface area contributed by atoms with Crippen molar-refractivity contribution in [2.24, 2.45) is 5.09 Å². The molecule has 74 valence electrons. The Hall–Kier alpha value is -0.845. The maximum absolute atomic E-state index is 11.9. The molecular weight excluding hydrogens is 186 g/mol. The van der Waals surface area contributed by atoms with Gasteiger partial charge in [-0.3, -0.25) is 0 Å². The first-order valence-corrected chi connectivity index (χ1v) is 3.52. The normalized spacial score (nSPS) is 11.1. The largest absolute Gasteiger partial charge is 0.486 e. The Morgan fingerprint density at radius 3 is 2.46 bits per heavy atom. The summed E-state index contributed by atoms with van der Waals surface area (Å²) in [5.74, 6) is 0. The first-order chi connectivity index (χ1) is 5.91. The highest BCUT2D eigenvalue weighted by molar-refractivity contribution is 6.49. The van der Waals surface area contributed by atoms with Crippen LogP contribution >= 0.6 is 0 Å². The zero-order chi connectivity index (χ0) is 10.5. The van der Waals surface area contributed by atoms with Gasteiger partial charge in [0.05, 0.1) is 0 Å². The third-order valence-electron chi connectivity index (χ3n) is 1.48. The lowest BCUT2D eigenvalue weighted by Gasteiger charge is -2.09. The van der Waals surface area contributed by atoms with Crippen LogP contribution in [0.25, 0.3) is 0 Å². The summed E-state index contributed by atoms with van der Waals surface area (Å²) in [5, 5.41) is 2.48. The lowest BCUT2D eigenvalue weighted by atomic mass is 9.77. The number of allylic oxidation sites excluding steroid dienone is 1. The standard InChI is InChI=1S/C6H9BF3NO2/c1-5(6(8,9)10)3-4-7(11-12)13-2/h1,3-4H2,2H3. The summed E-state index contributed by atoms with van der Waals surface area (Å²) in [6, 6.07) is 0. The minimum absolute atomic E-state index is 0.0989. The van der Waals surface area contributed by atoms with E-state index in [0.717, 1.165) is 0 Å². The lowest BCUT2D eigenvalue weighted by Crippen LogP contribution is -2.16. The second kappa shape index (κ2) is 5.01. The van der Waals surface area contributed by atoms with E-state index >= 15 is 0 Å². The molecule has 0 bridgehead atoms. The fourth-order valence-electron chi connectivity index (χ4n) is 0.653. The molecule has 0 amide bonds. The van der Waals surface area contributed by atoms with Crippen molar-refractivity contribution in [2.75, 3.05) is 7.11 Å². The third-order valence-corrected chi connectivity index (χ3v) is 1.48. The maximum Gasteiger partial charge on any atom is 0.486 e. The van der Waals surface area contributed by atoms with Crippen LogP contribution < -0.4 is 0 Å². The predicted molar refractivity (Wildman–Crippen MR) is 43.2 cm³/mol. The summed E-state index contributed by atoms with van der Waals surface area (Å²) in [6.07, 6.45) is -4.84. The molecule has 7 heteroatoms. The number of nitrogens with zero attached hydrogens (tertiary/aromatic N) is 1. The molecule has 0 aromatic heterocycles. The molecule has 0 heterocycles. The second-order valence-corrected chi connectivity index (χ2v) is 2.44. The van der Waals surface area contributed by atoms with Gasteiger partial charge in [0.15, 0.2) is 0 Å². The van der Waals surface area contributed by atoms with Crippen LogP contribution in [0, 0.1) is 4.91 Å². The molecule has 0 aromatic rings. The molecule has 13 heavy (non-hydrogen) atoms. The van der Waals surface area contributed by atoms with E-state index in [9.17, 15) is 18.1 Å². The minimum Gasteiger partial charge on any atom is -0.416 e. The molecule has 0 aromatic carbocycles. The van der Waals surface area contributed by atoms with Crippen LogP contribution in [0.1, 0.15) is 6.42 Å². The summed E-state index contributed by atoms with van der Waals surface area (Å²) in [6.45, 7) is 2.84. The van der Waals surface area contributed by atoms with Crippen LogP contribution in [0.3, 0.4) is 0 Å². The van der Waals surface area contributed by atoms with E-state index in [1.807, 2.05) is 0 Å². The topological polar surface area (TPSA) is 38.7 Å². The van der Waals surface area contributed by atoms with E-state index in [2.05, 4.69) is 16.3 Å². The zero-order valence-electron chi connectivity index (χ0n) is 7.10. The van der Waals surface area contributed by atoms with Gasteiger partial charge >= 0.3 is 13.2 Å². The molecule has 0 spiro atoms. The van der Waals surface area contributed by atoms with Crippen LogP contribution in [0.15, 0.2) is 17.2 Å². The van der Waals surface area contributed by atoms with Crippen molar-refractivity contribution < 1.29 is 17.8 Å². The Morgan fingerprint density at radius 1 is 1.62 bits per heavy atom. The van der Waals surface area contributed by atoms with Gasteiger partial charge in [0, 0.05) is 12.7 Å². The van der Waals surface area contributed by atoms with Gasteiger partial charge in [-0.25, -0.2) is 0 Å². The molecule has 0 fully saturated rings. The van der Waals surface area contributed by atoms with Gasteiger partial charge in [-0.15, -0.1) is 0 Å². The van der Waals surface area contributed by atoms with Gasteiger partial charge < -0.3 is 4.65 Å². The van der Waals surface area contributed by atoms with Gasteiger partial charge in [-0.2, -0.15) is 18.1 Å². The van der Waals surface area contributed by atoms with Gasteiger partial charge in [-0.1, -0.05) is 11.7 Å². The van der Waals surface area contributed by atoms with E-state index in [0.29, 0.717) is 0 Å². The van der Waals surface area contributed by atoms with E-state index in [1.54, 1.807) is 0 Å². The van der Waals surface area contributed by atoms with Crippen molar-refractivity contribution in [1.82, 2.24) is 0 Å². The fraction of sp³-hybridized carbons (Fsp3) is 0.667. The summed E-state index contributed by atoms with van der Waals surface area (Å²) in [4.78, 5) is 9.91. The second-order valence-electron chi connectivity index (χ2n) is 2.44. The lowest BCUT2D eigenvalue weighted by molar-refractivity contribution is -0.0931. The van der Waals surface area contributed by atoms with Crippen molar-refractivity contribution in [3.05, 3.63) is 17.1 Å². The molecule has 0 aliphatic rings. The number of rotatable bonds is 5. The third kappa shape index (κ3) is 4.67. The Morgan fingerprint density at radius 2 is 2.15 bits per heavy atom. The van der Waals surface area contributed by atoms with Crippen molar-refractivity contribution in [3.63, 3.8) is 0 Å². The Bertz CT molecular complexity index is 195. The molecule has 0 N–H and O–H groups in total. The van der Waals surface area contributed by atoms with Crippen LogP contribution in [0.4, 0.5) is 13.2 Å². The average Bonchev–Trinajstić information content (AvgIpc) is 2.04. The molecular formula is C6H9BF3NO2. The quantitative estimate of drug-likeness (QED) is 0.383. The summed E-state index contributed by atoms with van der Waals surface area (Å²) in [7, 11) is 0.182. The first-order valence-electron chi connectivity index (χ1n) is 3.52. The van der Waals surface area contributed by atoms with E-state index in [4.69, 9.17) is 0 Å². The predicted octanol–water partition coefficient (Wildman–Crippen LogP) is 2.40. The van der Waals surface area contributed by atoms with Gasteiger partial charge in [0.25, 0.3) is 0 Å². The molecule has 0 atom stereocenters. The number of nitroso groups, excluding NO2 is 1. The van der Waals surface area contributed by atoms with E-state index in [1.165, 1.54) is 7.11 Å². The van der Waals surface area contributed by atoms with Gasteiger partial charge in [0.1, 0.15) is 0 Å². The van der Waals surface area contributed by atoms with Crippen LogP contribution in [0.2, 0.25) is 6.32 Å². The summed E-state index contributed by atoms with van der Waals surface area (Å²) < 4.78 is 40.1. The zero-order valence-corrected chi connectivity index (χ0v) is 7.10. The van der Waals surface area contributed by atoms with Gasteiger partial charge in [-0.05, 0) is 12.7 Å². The van der Waals surface area contributed by atoms with E-state index in [-0.39, 0.29) is 12.7 Å². The van der Waals surface area contributed by atoms with E-state index < -0.39 is 18.8 Å². The number of hydrogen-bond donors (Lipinski definition) is 0. The first kappa shape index (κ1) is 12.2. The number of alkyl halides is 3. The fourth-order valence-corrected chi connectivity index (χ4v) is 0.653. The smallest absolute Gasteiger partial charge is 0.416 e. The average molecular weight is 195 g/mol. The molecule has 0 saturated carbocycles. The molecule has 0 unspecified atom stereocenters. The highest BCUT2D eigenvalue weighted by Crippen LogP contribution is 2.27. The Kier molecular flexibility index (Phi) is 4.68. The molecule has 3 nitrogen and oxygen atoms in total. The monoisotopic (exact) mass is 195 g/mol. The molecule has 0 saturated heterocycles. The van der Waals surface area contributed by atoms with Crippen LogP contribution in [-0.4, -0.2) is 20.3 Å². The summed E-state index contributed by atoms with van der Waals surface area (Å²) >= 11 is 0. The molecule has 0 rings (SSSR count). The van der Waals surface area contributed by atoms with Crippen LogP contribution in [0.5, 0.6) is 0 Å². The minimum atomic E-state index is -4.40.